The number of anilines is 1. The molecule has 0 bridgehead atoms. The van der Waals surface area contributed by atoms with Crippen molar-refractivity contribution in [1.82, 2.24) is 9.88 Å². The quantitative estimate of drug-likeness (QED) is 0.683. The summed E-state index contributed by atoms with van der Waals surface area (Å²) in [6, 6.07) is 18.5. The van der Waals surface area contributed by atoms with Crippen molar-refractivity contribution >= 4 is 16.6 Å². The van der Waals surface area contributed by atoms with Gasteiger partial charge in [0.15, 0.2) is 0 Å². The van der Waals surface area contributed by atoms with E-state index in [9.17, 15) is 4.39 Å². The van der Waals surface area contributed by atoms with E-state index in [0.717, 1.165) is 54.4 Å². The first-order valence-corrected chi connectivity index (χ1v) is 9.36. The molecule has 0 amide bonds. The van der Waals surface area contributed by atoms with Gasteiger partial charge in [-0.3, -0.25) is 4.90 Å². The van der Waals surface area contributed by atoms with Crippen molar-refractivity contribution in [1.29, 1.82) is 0 Å². The maximum atomic E-state index is 12.6. The number of nitrogens with zero attached hydrogens (tertiary/aromatic N) is 3. The zero-order valence-electron chi connectivity index (χ0n) is 15.6. The highest BCUT2D eigenvalue weighted by Crippen LogP contribution is 2.31. The summed E-state index contributed by atoms with van der Waals surface area (Å²) in [7, 11) is 1.67. The third kappa shape index (κ3) is 3.74. The number of benzene rings is 2. The van der Waals surface area contributed by atoms with Gasteiger partial charge in [0, 0.05) is 43.7 Å². The molecule has 3 aromatic rings. The summed E-state index contributed by atoms with van der Waals surface area (Å²) in [6.45, 7) is 3.70. The number of hydrogen-bond donors (Lipinski definition) is 0. The lowest BCUT2D eigenvalue weighted by atomic mass is 10.1. The number of halogens is 1. The van der Waals surface area contributed by atoms with E-state index in [4.69, 9.17) is 9.72 Å². The molecule has 0 unspecified atom stereocenters. The maximum absolute atomic E-state index is 12.6. The van der Waals surface area contributed by atoms with Gasteiger partial charge in [-0.05, 0) is 35.7 Å². The number of hydrogen-bond acceptors (Lipinski definition) is 4. The minimum absolute atomic E-state index is 0.284. The first-order chi connectivity index (χ1) is 13.3. The van der Waals surface area contributed by atoms with Crippen molar-refractivity contribution in [2.24, 2.45) is 0 Å². The van der Waals surface area contributed by atoms with E-state index in [1.807, 2.05) is 24.3 Å². The van der Waals surface area contributed by atoms with Crippen LogP contribution < -0.4 is 9.64 Å². The topological polar surface area (TPSA) is 28.6 Å². The standard InChI is InChI=1S/C22H24FN3O/c1-27-19-8-6-17(7-9-19)21-16-18-4-2-3-5-20(18)22(24-21)26-14-12-25(11-10-23)13-15-26/h2-9,16H,10-15H2,1H3. The Hall–Kier alpha value is -2.66. The van der Waals surface area contributed by atoms with Crippen LogP contribution in [0.2, 0.25) is 0 Å². The van der Waals surface area contributed by atoms with Crippen LogP contribution in [0.5, 0.6) is 5.75 Å². The molecular weight excluding hydrogens is 341 g/mol. The predicted molar refractivity (Wildman–Crippen MR) is 108 cm³/mol. The van der Waals surface area contributed by atoms with E-state index in [1.165, 1.54) is 5.39 Å². The first kappa shape index (κ1) is 17.7. The number of alkyl halides is 1. The monoisotopic (exact) mass is 365 g/mol. The molecule has 0 radical (unpaired) electrons. The van der Waals surface area contributed by atoms with Crippen LogP contribution >= 0.6 is 0 Å². The Morgan fingerprint density at radius 2 is 1.74 bits per heavy atom. The summed E-state index contributed by atoms with van der Waals surface area (Å²) in [5, 5.41) is 2.34. The number of piperazine rings is 1. The lowest BCUT2D eigenvalue weighted by Crippen LogP contribution is -2.47. The van der Waals surface area contributed by atoms with Gasteiger partial charge in [-0.15, -0.1) is 0 Å². The van der Waals surface area contributed by atoms with Gasteiger partial charge in [0.2, 0.25) is 0 Å². The molecule has 0 atom stereocenters. The highest BCUT2D eigenvalue weighted by atomic mass is 19.1. The van der Waals surface area contributed by atoms with Crippen LogP contribution in [0, 0.1) is 0 Å². The van der Waals surface area contributed by atoms with Gasteiger partial charge in [-0.25, -0.2) is 9.37 Å². The van der Waals surface area contributed by atoms with E-state index in [2.05, 4.69) is 40.1 Å². The van der Waals surface area contributed by atoms with Crippen LogP contribution in [0.3, 0.4) is 0 Å². The molecule has 1 fully saturated rings. The SMILES string of the molecule is COc1ccc(-c2cc3ccccc3c(N3CCN(CCF)CC3)n2)cc1. The van der Waals surface area contributed by atoms with Crippen LogP contribution in [0.25, 0.3) is 22.0 Å². The van der Waals surface area contributed by atoms with Gasteiger partial charge in [0.25, 0.3) is 0 Å². The number of rotatable bonds is 5. The zero-order chi connectivity index (χ0) is 18.6. The Morgan fingerprint density at radius 1 is 1.00 bits per heavy atom. The minimum Gasteiger partial charge on any atom is -0.497 e. The Labute approximate surface area is 159 Å². The van der Waals surface area contributed by atoms with E-state index in [1.54, 1.807) is 7.11 Å². The summed E-state index contributed by atoms with van der Waals surface area (Å²) in [5.74, 6) is 1.85. The van der Waals surface area contributed by atoms with Gasteiger partial charge in [-0.2, -0.15) is 0 Å². The van der Waals surface area contributed by atoms with E-state index in [-0.39, 0.29) is 6.67 Å². The molecule has 5 heteroatoms. The summed E-state index contributed by atoms with van der Waals surface area (Å²) in [6.07, 6.45) is 0. The summed E-state index contributed by atoms with van der Waals surface area (Å²) in [5.41, 5.74) is 2.02. The third-order valence-corrected chi connectivity index (χ3v) is 5.18. The fraction of sp³-hybridized carbons (Fsp3) is 0.318. The van der Waals surface area contributed by atoms with Crippen molar-refractivity contribution in [3.8, 4) is 17.0 Å². The van der Waals surface area contributed by atoms with Gasteiger partial charge >= 0.3 is 0 Å². The van der Waals surface area contributed by atoms with Crippen LogP contribution in [0.1, 0.15) is 0 Å². The maximum Gasteiger partial charge on any atom is 0.137 e. The highest BCUT2D eigenvalue weighted by molar-refractivity contribution is 5.95. The Kier molecular flexibility index (Phi) is 5.21. The lowest BCUT2D eigenvalue weighted by Gasteiger charge is -2.35. The van der Waals surface area contributed by atoms with Gasteiger partial charge in [-0.1, -0.05) is 24.3 Å². The van der Waals surface area contributed by atoms with Gasteiger partial charge in [0.1, 0.15) is 18.2 Å². The second-order valence-corrected chi connectivity index (χ2v) is 6.80. The van der Waals surface area contributed by atoms with Crippen LogP contribution in [-0.2, 0) is 0 Å². The fourth-order valence-electron chi connectivity index (χ4n) is 3.63. The normalized spacial score (nSPS) is 15.3. The van der Waals surface area contributed by atoms with Crippen molar-refractivity contribution < 1.29 is 9.13 Å². The molecule has 27 heavy (non-hydrogen) atoms. The molecule has 2 aromatic carbocycles. The Balaban J connectivity index is 1.70. The number of methoxy groups -OCH3 is 1. The summed E-state index contributed by atoms with van der Waals surface area (Å²) >= 11 is 0. The van der Waals surface area contributed by atoms with Gasteiger partial charge in [0.05, 0.1) is 12.8 Å². The molecule has 0 saturated carbocycles. The molecule has 140 valence electrons. The van der Waals surface area contributed by atoms with Crippen molar-refractivity contribution in [3.63, 3.8) is 0 Å². The smallest absolute Gasteiger partial charge is 0.137 e. The van der Waals surface area contributed by atoms with Crippen molar-refractivity contribution in [3.05, 3.63) is 54.6 Å². The number of pyridine rings is 1. The lowest BCUT2D eigenvalue weighted by molar-refractivity contribution is 0.235. The van der Waals surface area contributed by atoms with E-state index >= 15 is 0 Å². The fourth-order valence-corrected chi connectivity index (χ4v) is 3.63. The second-order valence-electron chi connectivity index (χ2n) is 6.80. The molecule has 1 aromatic heterocycles. The molecule has 4 rings (SSSR count). The van der Waals surface area contributed by atoms with Crippen molar-refractivity contribution in [2.75, 3.05) is 51.4 Å². The minimum atomic E-state index is -0.284. The van der Waals surface area contributed by atoms with Crippen molar-refractivity contribution in [2.45, 2.75) is 0 Å². The van der Waals surface area contributed by atoms with Crippen LogP contribution in [-0.4, -0.2) is 56.4 Å². The highest BCUT2D eigenvalue weighted by Gasteiger charge is 2.20. The molecule has 1 aliphatic rings. The molecule has 0 aliphatic carbocycles. The molecule has 1 saturated heterocycles. The molecule has 1 aliphatic heterocycles. The van der Waals surface area contributed by atoms with Gasteiger partial charge < -0.3 is 9.64 Å². The van der Waals surface area contributed by atoms with Crippen LogP contribution in [0.4, 0.5) is 10.2 Å². The summed E-state index contributed by atoms with van der Waals surface area (Å²) < 4.78 is 17.9. The second kappa shape index (κ2) is 7.92. The molecule has 4 nitrogen and oxygen atoms in total. The zero-order valence-corrected chi connectivity index (χ0v) is 15.6. The van der Waals surface area contributed by atoms with Crippen LogP contribution in [0.15, 0.2) is 54.6 Å². The average Bonchev–Trinajstić information content (AvgIpc) is 2.74. The number of ether oxygens (including phenoxy) is 1. The largest absolute Gasteiger partial charge is 0.497 e. The number of aromatic nitrogens is 1. The molecule has 0 spiro atoms. The first-order valence-electron chi connectivity index (χ1n) is 9.36. The van der Waals surface area contributed by atoms with E-state index in [0.29, 0.717) is 6.54 Å². The molecule has 2 heterocycles. The summed E-state index contributed by atoms with van der Waals surface area (Å²) in [4.78, 5) is 9.51. The number of fused-ring (bicyclic) bond motifs is 1. The average molecular weight is 365 g/mol. The Bertz CT molecular complexity index is 905. The molecular formula is C22H24FN3O. The molecule has 0 N–H and O–H groups in total. The third-order valence-electron chi connectivity index (χ3n) is 5.18. The Morgan fingerprint density at radius 3 is 2.44 bits per heavy atom. The predicted octanol–water partition coefficient (Wildman–Crippen LogP) is 4.00. The van der Waals surface area contributed by atoms with E-state index < -0.39 is 0 Å².